The average molecular weight is 405 g/mol. The molecule has 0 unspecified atom stereocenters. The fraction of sp³-hybridized carbons (Fsp3) is 0.235. The number of fused-ring (bicyclic) bond motifs is 1. The number of halogens is 2. The van der Waals surface area contributed by atoms with Crippen molar-refractivity contribution in [2.24, 2.45) is 7.05 Å². The van der Waals surface area contributed by atoms with Crippen LogP contribution in [0.15, 0.2) is 44.9 Å². The lowest BCUT2D eigenvalue weighted by Gasteiger charge is -2.03. The van der Waals surface area contributed by atoms with Gasteiger partial charge in [0.05, 0.1) is 12.9 Å². The van der Waals surface area contributed by atoms with Crippen molar-refractivity contribution in [3.05, 3.63) is 74.1 Å². The van der Waals surface area contributed by atoms with Crippen molar-refractivity contribution in [1.82, 2.24) is 28.9 Å². The van der Waals surface area contributed by atoms with Gasteiger partial charge >= 0.3 is 5.76 Å². The van der Waals surface area contributed by atoms with Crippen molar-refractivity contribution < 1.29 is 8.81 Å². The molecule has 0 N–H and O–H groups in total. The highest BCUT2D eigenvalue weighted by Crippen LogP contribution is 2.15. The van der Waals surface area contributed by atoms with Crippen LogP contribution in [0.1, 0.15) is 11.5 Å². The van der Waals surface area contributed by atoms with Gasteiger partial charge in [-0.3, -0.25) is 9.36 Å². The quantitative estimate of drug-likeness (QED) is 0.498. The molecule has 0 atom stereocenters. The molecule has 4 rings (SSSR count). The molecule has 28 heavy (non-hydrogen) atoms. The Hall–Kier alpha value is -3.27. The second-order valence-electron chi connectivity index (χ2n) is 6.18. The maximum Gasteiger partial charge on any atom is 0.437 e. The molecule has 144 valence electrons. The Kier molecular flexibility index (Phi) is 4.55. The van der Waals surface area contributed by atoms with Crippen LogP contribution in [-0.4, -0.2) is 28.9 Å². The second-order valence-corrected chi connectivity index (χ2v) is 6.61. The SMILES string of the molecule is Cn1cnc2ncn(Cc3nn(CCc4ccc(Cl)cc4F)c(=O)o3)c(=O)c21. The number of imidazole rings is 1. The maximum absolute atomic E-state index is 13.9. The number of nitrogens with zero attached hydrogens (tertiary/aromatic N) is 6. The molecule has 0 fully saturated rings. The van der Waals surface area contributed by atoms with Gasteiger partial charge in [0.15, 0.2) is 11.2 Å². The summed E-state index contributed by atoms with van der Waals surface area (Å²) in [5.74, 6) is -1.09. The lowest BCUT2D eigenvalue weighted by molar-refractivity contribution is 0.433. The Balaban J connectivity index is 1.55. The standard InChI is InChI=1S/C17H14ClFN6O3/c1-23-8-20-15-14(23)16(26)24(9-21-15)7-13-22-25(17(27)28-13)5-4-10-2-3-11(18)6-12(10)19/h2-3,6,8-9H,4-5,7H2,1H3. The Bertz CT molecular complexity index is 1290. The monoisotopic (exact) mass is 404 g/mol. The van der Waals surface area contributed by atoms with Crippen LogP contribution in [0.25, 0.3) is 11.2 Å². The van der Waals surface area contributed by atoms with Gasteiger partial charge in [-0.1, -0.05) is 17.7 Å². The molecule has 11 heteroatoms. The summed E-state index contributed by atoms with van der Waals surface area (Å²) in [5.41, 5.74) is 0.747. The van der Waals surface area contributed by atoms with Crippen molar-refractivity contribution >= 4 is 22.8 Å². The van der Waals surface area contributed by atoms with Crippen molar-refractivity contribution in [3.63, 3.8) is 0 Å². The highest BCUT2D eigenvalue weighted by molar-refractivity contribution is 6.30. The molecule has 1 aromatic carbocycles. The normalized spacial score (nSPS) is 11.4. The van der Waals surface area contributed by atoms with Crippen LogP contribution < -0.4 is 11.3 Å². The summed E-state index contributed by atoms with van der Waals surface area (Å²) in [4.78, 5) is 32.7. The Labute approximate surface area is 161 Å². The zero-order valence-corrected chi connectivity index (χ0v) is 15.4. The van der Waals surface area contributed by atoms with Crippen LogP contribution in [0.5, 0.6) is 0 Å². The Morgan fingerprint density at radius 3 is 2.79 bits per heavy atom. The first-order valence-electron chi connectivity index (χ1n) is 8.29. The van der Waals surface area contributed by atoms with Gasteiger partial charge in [-0.25, -0.2) is 19.2 Å². The molecule has 0 aliphatic rings. The molecule has 0 saturated heterocycles. The average Bonchev–Trinajstić information content (AvgIpc) is 3.19. The van der Waals surface area contributed by atoms with Gasteiger partial charge in [0.2, 0.25) is 5.89 Å². The number of aryl methyl sites for hydroxylation is 3. The van der Waals surface area contributed by atoms with Gasteiger partial charge in [-0.15, -0.1) is 5.10 Å². The van der Waals surface area contributed by atoms with Crippen LogP contribution in [0.3, 0.4) is 0 Å². The lowest BCUT2D eigenvalue weighted by atomic mass is 10.1. The van der Waals surface area contributed by atoms with Crippen molar-refractivity contribution in [3.8, 4) is 0 Å². The number of hydrogen-bond acceptors (Lipinski definition) is 6. The van der Waals surface area contributed by atoms with Crippen LogP contribution in [-0.2, 0) is 26.6 Å². The minimum absolute atomic E-state index is 0.0481. The van der Waals surface area contributed by atoms with E-state index in [9.17, 15) is 14.0 Å². The molecule has 3 aromatic heterocycles. The smallest absolute Gasteiger partial charge is 0.390 e. The first kappa shape index (κ1) is 18.1. The summed E-state index contributed by atoms with van der Waals surface area (Å²) in [7, 11) is 1.69. The molecule has 3 heterocycles. The van der Waals surface area contributed by atoms with E-state index < -0.39 is 11.6 Å². The molecule has 0 aliphatic heterocycles. The molecule has 0 bridgehead atoms. The van der Waals surface area contributed by atoms with Gasteiger partial charge in [-0.05, 0) is 24.1 Å². The topological polar surface area (TPSA) is 101 Å². The summed E-state index contributed by atoms with van der Waals surface area (Å²) in [5, 5.41) is 4.38. The van der Waals surface area contributed by atoms with E-state index in [0.717, 1.165) is 4.68 Å². The van der Waals surface area contributed by atoms with E-state index in [4.69, 9.17) is 16.0 Å². The van der Waals surface area contributed by atoms with Crippen LogP contribution in [0.4, 0.5) is 4.39 Å². The van der Waals surface area contributed by atoms with Crippen molar-refractivity contribution in [1.29, 1.82) is 0 Å². The first-order valence-corrected chi connectivity index (χ1v) is 8.67. The largest absolute Gasteiger partial charge is 0.437 e. The van der Waals surface area contributed by atoms with E-state index in [-0.39, 0.29) is 31.0 Å². The van der Waals surface area contributed by atoms with E-state index in [1.165, 1.54) is 23.3 Å². The number of rotatable bonds is 5. The fourth-order valence-electron chi connectivity index (χ4n) is 2.84. The fourth-order valence-corrected chi connectivity index (χ4v) is 2.99. The van der Waals surface area contributed by atoms with Crippen LogP contribution in [0.2, 0.25) is 5.02 Å². The minimum Gasteiger partial charge on any atom is -0.390 e. The molecule has 0 radical (unpaired) electrons. The summed E-state index contributed by atoms with van der Waals surface area (Å²) in [6.07, 6.45) is 3.05. The van der Waals surface area contributed by atoms with Crippen molar-refractivity contribution in [2.75, 3.05) is 0 Å². The van der Waals surface area contributed by atoms with E-state index in [2.05, 4.69) is 15.1 Å². The van der Waals surface area contributed by atoms with Gasteiger partial charge in [0.1, 0.15) is 18.7 Å². The van der Waals surface area contributed by atoms with Gasteiger partial charge in [0.25, 0.3) is 5.56 Å². The molecule has 0 amide bonds. The van der Waals surface area contributed by atoms with E-state index in [1.54, 1.807) is 23.7 Å². The highest BCUT2D eigenvalue weighted by Gasteiger charge is 2.14. The molecule has 0 aliphatic carbocycles. The van der Waals surface area contributed by atoms with Gasteiger partial charge in [0, 0.05) is 12.1 Å². The van der Waals surface area contributed by atoms with E-state index >= 15 is 0 Å². The number of benzene rings is 1. The number of hydrogen-bond donors (Lipinski definition) is 0. The second kappa shape index (κ2) is 7.04. The maximum atomic E-state index is 13.9. The van der Waals surface area contributed by atoms with Gasteiger partial charge in [-0.2, -0.15) is 4.68 Å². The third-order valence-electron chi connectivity index (χ3n) is 4.26. The predicted molar refractivity (Wildman–Crippen MR) is 97.7 cm³/mol. The summed E-state index contributed by atoms with van der Waals surface area (Å²) >= 11 is 5.73. The lowest BCUT2D eigenvalue weighted by Crippen LogP contribution is -2.22. The highest BCUT2D eigenvalue weighted by atomic mass is 35.5. The summed E-state index contributed by atoms with van der Waals surface area (Å²) in [6.45, 7) is 0.0549. The first-order chi connectivity index (χ1) is 13.4. The third kappa shape index (κ3) is 3.33. The molecule has 0 saturated carbocycles. The van der Waals surface area contributed by atoms with Crippen LogP contribution in [0, 0.1) is 5.82 Å². The Morgan fingerprint density at radius 1 is 1.21 bits per heavy atom. The summed E-state index contributed by atoms with van der Waals surface area (Å²) in [6, 6.07) is 4.34. The van der Waals surface area contributed by atoms with Gasteiger partial charge < -0.3 is 8.98 Å². The van der Waals surface area contributed by atoms with Crippen LogP contribution >= 0.6 is 11.6 Å². The predicted octanol–water partition coefficient (Wildman–Crippen LogP) is 1.36. The third-order valence-corrected chi connectivity index (χ3v) is 4.50. The van der Waals surface area contributed by atoms with Crippen molar-refractivity contribution in [2.45, 2.75) is 19.5 Å². The summed E-state index contributed by atoms with van der Waals surface area (Å²) < 4.78 is 22.9. The van der Waals surface area contributed by atoms with E-state index in [1.807, 2.05) is 0 Å². The molecule has 0 spiro atoms. The van der Waals surface area contributed by atoms with E-state index in [0.29, 0.717) is 21.7 Å². The molecular formula is C17H14ClFN6O3. The molecule has 9 nitrogen and oxygen atoms in total. The Morgan fingerprint density at radius 2 is 2.00 bits per heavy atom. The molecule has 4 aromatic rings. The number of aromatic nitrogens is 6. The molecular weight excluding hydrogens is 391 g/mol. The minimum atomic E-state index is -0.688. The zero-order chi connectivity index (χ0) is 19.8. The zero-order valence-electron chi connectivity index (χ0n) is 14.7.